The van der Waals surface area contributed by atoms with Crippen LogP contribution in [-0.4, -0.2) is 0 Å². The predicted molar refractivity (Wildman–Crippen MR) is 26.4 cm³/mol. The van der Waals surface area contributed by atoms with Crippen LogP contribution in [0.15, 0.2) is 36.4 Å². The zero-order valence-electron chi connectivity index (χ0n) is 4.57. The second-order valence-electron chi connectivity index (χ2n) is 1.15. The fraction of sp³-hybridized carbons (Fsp3) is 0. The van der Waals surface area contributed by atoms with Crippen molar-refractivity contribution in [3.8, 4) is 0 Å². The summed E-state index contributed by atoms with van der Waals surface area (Å²) in [5.74, 6) is 0. The van der Waals surface area contributed by atoms with Crippen molar-refractivity contribution in [2.24, 2.45) is 0 Å². The van der Waals surface area contributed by atoms with Crippen LogP contribution in [0, 0.1) is 0 Å². The number of halogens is 2. The van der Waals surface area contributed by atoms with Crippen LogP contribution in [0.25, 0.3) is 0 Å². The van der Waals surface area contributed by atoms with Gasteiger partial charge in [0, 0.05) is 0 Å². The standard InChI is InChI=1S/C6H6.2HI.Ru/c1-2-4-6-5-3-1;;;/h1-6H;2*1H;/q;;;+2/p-2. The molecule has 0 N–H and O–H groups in total. The molecule has 0 radical (unpaired) electrons. The molecule has 3 heteroatoms. The maximum absolute atomic E-state index is 2.00. The van der Waals surface area contributed by atoms with Gasteiger partial charge in [-0.25, -0.2) is 0 Å². The molecular formula is C6H6I2Ru. The van der Waals surface area contributed by atoms with Crippen LogP contribution in [0.5, 0.6) is 0 Å². The van der Waals surface area contributed by atoms with Gasteiger partial charge in [0.2, 0.25) is 0 Å². The van der Waals surface area contributed by atoms with Gasteiger partial charge in [0.1, 0.15) is 0 Å². The molecule has 1 aromatic rings. The monoisotopic (exact) mass is 434 g/mol. The Morgan fingerprint density at radius 3 is 0.667 bits per heavy atom. The third kappa shape index (κ3) is 9.30. The van der Waals surface area contributed by atoms with Gasteiger partial charge in [-0.2, -0.15) is 0 Å². The summed E-state index contributed by atoms with van der Waals surface area (Å²) in [6.07, 6.45) is 0. The molecule has 0 aliphatic heterocycles. The molecule has 0 atom stereocenters. The van der Waals surface area contributed by atoms with Crippen molar-refractivity contribution in [1.82, 2.24) is 0 Å². The van der Waals surface area contributed by atoms with Crippen LogP contribution in [0.3, 0.4) is 0 Å². The van der Waals surface area contributed by atoms with Gasteiger partial charge in [-0.05, 0) is 0 Å². The van der Waals surface area contributed by atoms with Crippen molar-refractivity contribution in [3.05, 3.63) is 36.4 Å². The summed E-state index contributed by atoms with van der Waals surface area (Å²) in [7, 11) is 0. The molecule has 0 amide bonds. The number of hydrogen-bond acceptors (Lipinski definition) is 0. The first-order chi connectivity index (χ1) is 3.00. The molecule has 52 valence electrons. The van der Waals surface area contributed by atoms with Crippen molar-refractivity contribution in [1.29, 1.82) is 0 Å². The molecule has 1 rings (SSSR count). The van der Waals surface area contributed by atoms with Gasteiger partial charge in [0.05, 0.1) is 0 Å². The molecule has 0 aromatic heterocycles. The molecule has 0 nitrogen and oxygen atoms in total. The molecule has 0 aliphatic carbocycles. The van der Waals surface area contributed by atoms with Crippen LogP contribution < -0.4 is 48.0 Å². The van der Waals surface area contributed by atoms with E-state index in [1.54, 1.807) is 0 Å². The maximum atomic E-state index is 2.00. The second kappa shape index (κ2) is 12.0. The molecule has 0 spiro atoms. The third-order valence-electron chi connectivity index (χ3n) is 0.667. The Morgan fingerprint density at radius 2 is 0.556 bits per heavy atom. The van der Waals surface area contributed by atoms with Gasteiger partial charge < -0.3 is 48.0 Å². The van der Waals surface area contributed by atoms with Crippen LogP contribution in [0.1, 0.15) is 0 Å². The van der Waals surface area contributed by atoms with Crippen LogP contribution in [0.2, 0.25) is 0 Å². The van der Waals surface area contributed by atoms with E-state index >= 15 is 0 Å². The zero-order valence-corrected chi connectivity index (χ0v) is 10.6. The van der Waals surface area contributed by atoms with Gasteiger partial charge in [-0.1, -0.05) is 36.4 Å². The Morgan fingerprint density at radius 1 is 0.444 bits per heavy atom. The van der Waals surface area contributed by atoms with Crippen molar-refractivity contribution in [2.45, 2.75) is 0 Å². The summed E-state index contributed by atoms with van der Waals surface area (Å²) in [5, 5.41) is 0. The van der Waals surface area contributed by atoms with Crippen molar-refractivity contribution in [2.75, 3.05) is 0 Å². The molecule has 0 fully saturated rings. The summed E-state index contributed by atoms with van der Waals surface area (Å²) in [6.45, 7) is 0. The maximum Gasteiger partial charge on any atom is 2.00 e. The van der Waals surface area contributed by atoms with Gasteiger partial charge in [0.25, 0.3) is 0 Å². The van der Waals surface area contributed by atoms with E-state index in [-0.39, 0.29) is 67.4 Å². The third-order valence-corrected chi connectivity index (χ3v) is 0.667. The van der Waals surface area contributed by atoms with E-state index in [1.807, 2.05) is 36.4 Å². The fourth-order valence-electron chi connectivity index (χ4n) is 0.385. The average Bonchev–Trinajstić information content (AvgIpc) is 1.72. The molecule has 0 heterocycles. The number of hydrogen-bond donors (Lipinski definition) is 0. The summed E-state index contributed by atoms with van der Waals surface area (Å²) in [6, 6.07) is 12.0. The molecular weight excluding hydrogens is 427 g/mol. The van der Waals surface area contributed by atoms with Gasteiger partial charge >= 0.3 is 19.5 Å². The Hall–Kier alpha value is 1.30. The van der Waals surface area contributed by atoms with E-state index in [2.05, 4.69) is 0 Å². The van der Waals surface area contributed by atoms with Crippen molar-refractivity contribution in [3.63, 3.8) is 0 Å². The van der Waals surface area contributed by atoms with E-state index in [9.17, 15) is 0 Å². The topological polar surface area (TPSA) is 0 Å². The Kier molecular flexibility index (Phi) is 22.3. The first-order valence-corrected chi connectivity index (χ1v) is 2.00. The molecule has 9 heavy (non-hydrogen) atoms. The van der Waals surface area contributed by atoms with E-state index in [0.717, 1.165) is 0 Å². The van der Waals surface area contributed by atoms with E-state index in [0.29, 0.717) is 0 Å². The molecule has 0 bridgehead atoms. The molecule has 0 aliphatic rings. The fourth-order valence-corrected chi connectivity index (χ4v) is 0.385. The number of benzene rings is 1. The summed E-state index contributed by atoms with van der Waals surface area (Å²) < 4.78 is 0. The first-order valence-electron chi connectivity index (χ1n) is 2.00. The van der Waals surface area contributed by atoms with Gasteiger partial charge in [0.15, 0.2) is 0 Å². The van der Waals surface area contributed by atoms with Gasteiger partial charge in [-0.15, -0.1) is 0 Å². The van der Waals surface area contributed by atoms with Crippen LogP contribution in [0.4, 0.5) is 0 Å². The quantitative estimate of drug-likeness (QED) is 0.287. The van der Waals surface area contributed by atoms with E-state index in [1.165, 1.54) is 0 Å². The average molecular weight is 433 g/mol. The molecule has 0 saturated carbocycles. The predicted octanol–water partition coefficient (Wildman–Crippen LogP) is -4.31. The normalized spacial score (nSPS) is 5.33. The van der Waals surface area contributed by atoms with E-state index in [4.69, 9.17) is 0 Å². The molecule has 1 aromatic carbocycles. The van der Waals surface area contributed by atoms with Crippen LogP contribution in [-0.2, 0) is 19.5 Å². The Labute approximate surface area is 103 Å². The largest absolute Gasteiger partial charge is 2.00 e. The second-order valence-corrected chi connectivity index (χ2v) is 1.15. The smallest absolute Gasteiger partial charge is 1.00 e. The minimum atomic E-state index is 0. The minimum absolute atomic E-state index is 0. The Balaban J connectivity index is -0.000000120. The van der Waals surface area contributed by atoms with Crippen molar-refractivity contribution >= 4 is 0 Å². The minimum Gasteiger partial charge on any atom is -1.00 e. The summed E-state index contributed by atoms with van der Waals surface area (Å²) in [4.78, 5) is 0. The number of rotatable bonds is 0. The SMILES string of the molecule is [I-].[I-].[Ru+2].c1ccccc1. The summed E-state index contributed by atoms with van der Waals surface area (Å²) >= 11 is 0. The van der Waals surface area contributed by atoms with Crippen molar-refractivity contribution < 1.29 is 67.4 Å². The zero-order chi connectivity index (χ0) is 4.24. The molecule has 0 saturated heterocycles. The van der Waals surface area contributed by atoms with Crippen LogP contribution >= 0.6 is 0 Å². The van der Waals surface area contributed by atoms with E-state index < -0.39 is 0 Å². The Bertz CT molecular complexity index is 83.0. The van der Waals surface area contributed by atoms with Gasteiger partial charge in [-0.3, -0.25) is 0 Å². The molecule has 0 unspecified atom stereocenters. The summed E-state index contributed by atoms with van der Waals surface area (Å²) in [5.41, 5.74) is 0. The first kappa shape index (κ1) is 16.7.